The zero-order chi connectivity index (χ0) is 16.0. The van der Waals surface area contributed by atoms with Gasteiger partial charge in [-0.1, -0.05) is 46.4 Å². The molecule has 1 aromatic carbocycles. The third-order valence-electron chi connectivity index (χ3n) is 3.10. The van der Waals surface area contributed by atoms with Gasteiger partial charge in [0.05, 0.1) is 9.95 Å². The van der Waals surface area contributed by atoms with E-state index in [1.165, 1.54) is 6.07 Å². The molecule has 1 aliphatic heterocycles. The minimum Gasteiger partial charge on any atom is -0.466 e. The highest BCUT2D eigenvalue weighted by Crippen LogP contribution is 2.47. The summed E-state index contributed by atoms with van der Waals surface area (Å²) < 4.78 is 10.8. The summed E-state index contributed by atoms with van der Waals surface area (Å²) in [5.41, 5.74) is 0.185. The van der Waals surface area contributed by atoms with E-state index in [2.05, 4.69) is 4.98 Å². The van der Waals surface area contributed by atoms with Crippen LogP contribution in [0.15, 0.2) is 12.1 Å². The Hall–Kier alpha value is -1.18. The van der Waals surface area contributed by atoms with E-state index in [0.29, 0.717) is 16.3 Å². The predicted octanol–water partition coefficient (Wildman–Crippen LogP) is 4.99. The fourth-order valence-electron chi connectivity index (χ4n) is 2.24. The van der Waals surface area contributed by atoms with E-state index in [9.17, 15) is 10.1 Å². The van der Waals surface area contributed by atoms with Crippen LogP contribution in [-0.2, 0) is 4.74 Å². The Labute approximate surface area is 144 Å². The molecule has 0 bridgehead atoms. The highest BCUT2D eigenvalue weighted by molar-refractivity contribution is 6.43. The second-order valence-electron chi connectivity index (χ2n) is 4.39. The van der Waals surface area contributed by atoms with Gasteiger partial charge in [0.2, 0.25) is 0 Å². The fraction of sp³-hybridized carbons (Fsp3) is 0.167. The number of hydrogen-bond donors (Lipinski definition) is 1. The van der Waals surface area contributed by atoms with Crippen molar-refractivity contribution in [2.75, 3.05) is 6.79 Å². The predicted molar refractivity (Wildman–Crippen MR) is 82.4 cm³/mol. The number of H-pyrrole nitrogens is 1. The minimum absolute atomic E-state index is 0.0480. The highest BCUT2D eigenvalue weighted by Gasteiger charge is 2.36. The van der Waals surface area contributed by atoms with E-state index in [1.54, 1.807) is 6.07 Å². The number of nitro groups is 1. The number of aromatic nitrogens is 1. The van der Waals surface area contributed by atoms with Crippen molar-refractivity contribution >= 4 is 52.1 Å². The van der Waals surface area contributed by atoms with Crippen LogP contribution in [0.4, 0.5) is 5.69 Å². The zero-order valence-electron chi connectivity index (χ0n) is 10.5. The molecule has 1 atom stereocenters. The number of nitrogens with one attached hydrogen (secondary N) is 1. The van der Waals surface area contributed by atoms with Gasteiger partial charge in [0.1, 0.15) is 22.7 Å². The number of ether oxygens (including phenoxy) is 2. The molecule has 1 aromatic heterocycles. The van der Waals surface area contributed by atoms with E-state index in [-0.39, 0.29) is 33.4 Å². The van der Waals surface area contributed by atoms with Crippen molar-refractivity contribution in [3.8, 4) is 5.75 Å². The summed E-state index contributed by atoms with van der Waals surface area (Å²) in [6.45, 7) is -0.134. The van der Waals surface area contributed by atoms with Gasteiger partial charge in [0.25, 0.3) is 0 Å². The van der Waals surface area contributed by atoms with Crippen LogP contribution in [0.3, 0.4) is 0 Å². The van der Waals surface area contributed by atoms with E-state index in [4.69, 9.17) is 55.9 Å². The summed E-state index contributed by atoms with van der Waals surface area (Å²) in [6.07, 6.45) is -0.856. The highest BCUT2D eigenvalue weighted by atomic mass is 35.5. The normalized spacial score (nSPS) is 17.0. The molecule has 0 fully saturated rings. The summed E-state index contributed by atoms with van der Waals surface area (Å²) in [4.78, 5) is 13.3. The minimum atomic E-state index is -0.856. The number of rotatable bonds is 2. The van der Waals surface area contributed by atoms with E-state index in [0.717, 1.165) is 0 Å². The second kappa shape index (κ2) is 5.79. The maximum absolute atomic E-state index is 11.2. The van der Waals surface area contributed by atoms with Crippen LogP contribution in [0, 0.1) is 10.1 Å². The molecule has 0 unspecified atom stereocenters. The van der Waals surface area contributed by atoms with Crippen molar-refractivity contribution in [2.45, 2.75) is 6.10 Å². The number of aromatic amines is 1. The first kappa shape index (κ1) is 15.7. The summed E-state index contributed by atoms with van der Waals surface area (Å²) in [6, 6.07) is 3.06. The smallest absolute Gasteiger partial charge is 0.313 e. The lowest BCUT2D eigenvalue weighted by atomic mass is 10.0. The van der Waals surface area contributed by atoms with Crippen LogP contribution in [-0.4, -0.2) is 16.7 Å². The van der Waals surface area contributed by atoms with Gasteiger partial charge in [-0.25, -0.2) is 0 Å². The average molecular weight is 386 g/mol. The number of nitrogens with zero attached hydrogens (tertiary/aromatic N) is 1. The van der Waals surface area contributed by atoms with Gasteiger partial charge in [-0.2, -0.15) is 0 Å². The average Bonchev–Trinajstić information content (AvgIpc) is 2.74. The summed E-state index contributed by atoms with van der Waals surface area (Å²) in [5, 5.41) is 11.6. The topological polar surface area (TPSA) is 77.4 Å². The van der Waals surface area contributed by atoms with Crippen molar-refractivity contribution < 1.29 is 14.4 Å². The SMILES string of the molecule is O=[15N+]([O-])c1c([C@H]2OCOc3c(Cl)cc(Cl)cc32)[15nH]c(Cl)c1Cl. The Morgan fingerprint density at radius 3 is 2.68 bits per heavy atom. The lowest BCUT2D eigenvalue weighted by molar-refractivity contribution is -0.386. The molecule has 0 amide bonds. The van der Waals surface area contributed by atoms with Crippen molar-refractivity contribution in [1.82, 2.24) is 4.98 Å². The molecule has 2 heterocycles. The number of hydrogen-bond acceptors (Lipinski definition) is 4. The Bertz CT molecular complexity index is 777. The van der Waals surface area contributed by atoms with Crippen LogP contribution < -0.4 is 4.74 Å². The molecule has 2 aromatic rings. The van der Waals surface area contributed by atoms with Gasteiger partial charge in [0.15, 0.2) is 11.8 Å². The van der Waals surface area contributed by atoms with Crippen LogP contribution >= 0.6 is 46.4 Å². The van der Waals surface area contributed by atoms with Crippen molar-refractivity contribution in [3.63, 3.8) is 0 Å². The van der Waals surface area contributed by atoms with Crippen LogP contribution in [0.2, 0.25) is 20.2 Å². The van der Waals surface area contributed by atoms with E-state index >= 15 is 0 Å². The van der Waals surface area contributed by atoms with Crippen molar-refractivity contribution in [2.24, 2.45) is 0 Å². The lowest BCUT2D eigenvalue weighted by Crippen LogP contribution is -2.19. The van der Waals surface area contributed by atoms with Gasteiger partial charge in [-0.15, -0.1) is 0 Å². The Kier molecular flexibility index (Phi) is 4.13. The molecule has 0 spiro atoms. The fourth-order valence-corrected chi connectivity index (χ4v) is 3.21. The quantitative estimate of drug-likeness (QED) is 0.448. The molecule has 0 saturated carbocycles. The molecular formula is C12H6Cl4N2O4. The van der Waals surface area contributed by atoms with Crippen molar-refractivity contribution in [1.29, 1.82) is 0 Å². The maximum Gasteiger partial charge on any atom is 0.313 e. The molecule has 0 aliphatic carbocycles. The third kappa shape index (κ3) is 2.51. The molecular weight excluding hydrogens is 380 g/mol. The molecule has 0 saturated heterocycles. The molecule has 6 nitrogen and oxygen atoms in total. The van der Waals surface area contributed by atoms with Gasteiger partial charge in [0, 0.05) is 10.6 Å². The lowest BCUT2D eigenvalue weighted by Gasteiger charge is -2.26. The zero-order valence-corrected chi connectivity index (χ0v) is 13.6. The van der Waals surface area contributed by atoms with Gasteiger partial charge >= 0.3 is 5.69 Å². The first-order chi connectivity index (χ1) is 10.4. The largest absolute Gasteiger partial charge is 0.466 e. The summed E-state index contributed by atoms with van der Waals surface area (Å²) in [5.74, 6) is 0.346. The van der Waals surface area contributed by atoms with Crippen LogP contribution in [0.1, 0.15) is 17.4 Å². The molecule has 116 valence electrons. The van der Waals surface area contributed by atoms with Gasteiger partial charge in [-0.05, 0) is 12.1 Å². The summed E-state index contributed by atoms with van der Waals surface area (Å²) >= 11 is 23.8. The van der Waals surface area contributed by atoms with Crippen LogP contribution in [0.5, 0.6) is 5.75 Å². The number of halogens is 4. The van der Waals surface area contributed by atoms with Gasteiger partial charge < -0.3 is 14.5 Å². The molecule has 1 N–H and O–H groups in total. The first-order valence-electron chi connectivity index (χ1n) is 5.84. The molecule has 10 heteroatoms. The maximum atomic E-state index is 11.2. The Balaban J connectivity index is 2.21. The third-order valence-corrected chi connectivity index (χ3v) is 4.35. The van der Waals surface area contributed by atoms with E-state index < -0.39 is 11.0 Å². The van der Waals surface area contributed by atoms with Crippen LogP contribution in [0.25, 0.3) is 0 Å². The monoisotopic (exact) mass is 384 g/mol. The molecule has 22 heavy (non-hydrogen) atoms. The van der Waals surface area contributed by atoms with E-state index in [1.807, 2.05) is 0 Å². The molecule has 0 radical (unpaired) electrons. The summed E-state index contributed by atoms with van der Waals surface area (Å²) in [7, 11) is 0. The number of benzene rings is 1. The number of fused-ring (bicyclic) bond motifs is 1. The molecule has 3 rings (SSSR count). The first-order valence-corrected chi connectivity index (χ1v) is 7.36. The Morgan fingerprint density at radius 2 is 2.00 bits per heavy atom. The van der Waals surface area contributed by atoms with Crippen molar-refractivity contribution in [3.05, 3.63) is 53.7 Å². The second-order valence-corrected chi connectivity index (χ2v) is 5.99. The standard InChI is InChI=1S/C12H6Cl4N2O4/c13-4-1-5-10(6(14)2-4)21-3-22-11(5)8-9(18(19)20)7(15)12(16)17-8/h1-2,11,17H,3H2/t11-/m0/s1/i17+1,18+1. The van der Waals surface area contributed by atoms with Gasteiger partial charge in [-0.3, -0.25) is 10.1 Å². The molecule has 1 aliphatic rings. The Morgan fingerprint density at radius 1 is 1.27 bits per heavy atom.